The summed E-state index contributed by atoms with van der Waals surface area (Å²) in [6.07, 6.45) is 3.78. The lowest BCUT2D eigenvalue weighted by Gasteiger charge is -2.17. The zero-order valence-electron chi connectivity index (χ0n) is 10.6. The summed E-state index contributed by atoms with van der Waals surface area (Å²) in [4.78, 5) is 4.31. The molecule has 2 aromatic rings. The first-order valence-corrected chi connectivity index (χ1v) is 6.23. The molecule has 1 atom stereocenters. The third-order valence-electron chi connectivity index (χ3n) is 3.19. The van der Waals surface area contributed by atoms with E-state index in [-0.39, 0.29) is 6.04 Å². The van der Waals surface area contributed by atoms with Crippen LogP contribution in [0.15, 0.2) is 48.7 Å². The molecule has 0 bridgehead atoms. The number of hydrazine groups is 1. The fourth-order valence-corrected chi connectivity index (χ4v) is 2.15. The fourth-order valence-electron chi connectivity index (χ4n) is 2.15. The minimum Gasteiger partial charge on any atom is -0.271 e. The van der Waals surface area contributed by atoms with Crippen molar-refractivity contribution in [1.82, 2.24) is 10.4 Å². The average Bonchev–Trinajstić information content (AvgIpc) is 2.42. The summed E-state index contributed by atoms with van der Waals surface area (Å²) >= 11 is 0. The van der Waals surface area contributed by atoms with E-state index in [4.69, 9.17) is 5.84 Å². The number of hydrogen-bond donors (Lipinski definition) is 2. The second kappa shape index (κ2) is 6.28. The van der Waals surface area contributed by atoms with E-state index in [1.807, 2.05) is 25.3 Å². The van der Waals surface area contributed by atoms with Crippen LogP contribution in [-0.2, 0) is 6.42 Å². The molecule has 3 nitrogen and oxygen atoms in total. The van der Waals surface area contributed by atoms with Gasteiger partial charge in [-0.25, -0.2) is 0 Å². The molecule has 0 radical (unpaired) electrons. The van der Waals surface area contributed by atoms with Crippen molar-refractivity contribution in [3.05, 3.63) is 65.5 Å². The summed E-state index contributed by atoms with van der Waals surface area (Å²) in [7, 11) is 0. The minimum atomic E-state index is 0.152. The molecule has 0 saturated carbocycles. The predicted octanol–water partition coefficient (Wildman–Crippen LogP) is 2.53. The highest BCUT2D eigenvalue weighted by Gasteiger charge is 2.12. The number of hydrogen-bond acceptors (Lipinski definition) is 3. The normalized spacial score (nSPS) is 12.3. The number of aromatic nitrogens is 1. The number of pyridine rings is 1. The van der Waals surface area contributed by atoms with Crippen molar-refractivity contribution < 1.29 is 0 Å². The molecular weight excluding hydrogens is 222 g/mol. The van der Waals surface area contributed by atoms with Gasteiger partial charge in [-0.15, -0.1) is 0 Å². The lowest BCUT2D eigenvalue weighted by molar-refractivity contribution is 0.512. The van der Waals surface area contributed by atoms with E-state index in [1.54, 1.807) is 0 Å². The van der Waals surface area contributed by atoms with Crippen LogP contribution in [0, 0.1) is 6.92 Å². The zero-order valence-corrected chi connectivity index (χ0v) is 10.6. The van der Waals surface area contributed by atoms with E-state index in [2.05, 4.69) is 40.7 Å². The molecular formula is C15H19N3. The van der Waals surface area contributed by atoms with Gasteiger partial charge in [-0.2, -0.15) is 0 Å². The van der Waals surface area contributed by atoms with Crippen LogP contribution >= 0.6 is 0 Å². The van der Waals surface area contributed by atoms with Crippen LogP contribution in [0.2, 0.25) is 0 Å². The van der Waals surface area contributed by atoms with Crippen molar-refractivity contribution in [2.45, 2.75) is 25.8 Å². The lowest BCUT2D eigenvalue weighted by Crippen LogP contribution is -2.29. The Morgan fingerprint density at radius 2 is 1.94 bits per heavy atom. The van der Waals surface area contributed by atoms with Gasteiger partial charge in [-0.3, -0.25) is 16.3 Å². The van der Waals surface area contributed by atoms with Gasteiger partial charge in [0, 0.05) is 17.9 Å². The SMILES string of the molecule is Cc1ncccc1C(CCc1ccccc1)NN. The maximum atomic E-state index is 5.66. The largest absolute Gasteiger partial charge is 0.271 e. The Morgan fingerprint density at radius 1 is 1.17 bits per heavy atom. The summed E-state index contributed by atoms with van der Waals surface area (Å²) in [6, 6.07) is 14.6. The quantitative estimate of drug-likeness (QED) is 0.624. The molecule has 1 aromatic heterocycles. The van der Waals surface area contributed by atoms with E-state index in [0.29, 0.717) is 0 Å². The van der Waals surface area contributed by atoms with Crippen LogP contribution in [0.25, 0.3) is 0 Å². The van der Waals surface area contributed by atoms with Gasteiger partial charge in [0.05, 0.1) is 0 Å². The monoisotopic (exact) mass is 241 g/mol. The third-order valence-corrected chi connectivity index (χ3v) is 3.19. The topological polar surface area (TPSA) is 50.9 Å². The molecule has 18 heavy (non-hydrogen) atoms. The Labute approximate surface area is 108 Å². The molecule has 0 spiro atoms. The molecule has 0 fully saturated rings. The van der Waals surface area contributed by atoms with Crippen LogP contribution in [0.3, 0.4) is 0 Å². The van der Waals surface area contributed by atoms with Crippen LogP contribution in [0.1, 0.15) is 29.3 Å². The first-order valence-electron chi connectivity index (χ1n) is 6.23. The van der Waals surface area contributed by atoms with E-state index < -0.39 is 0 Å². The summed E-state index contributed by atoms with van der Waals surface area (Å²) in [6.45, 7) is 2.02. The van der Waals surface area contributed by atoms with Gasteiger partial charge in [0.15, 0.2) is 0 Å². The number of aryl methyl sites for hydroxylation is 2. The van der Waals surface area contributed by atoms with Gasteiger partial charge in [0.2, 0.25) is 0 Å². The molecule has 0 aliphatic carbocycles. The summed E-state index contributed by atoms with van der Waals surface area (Å²) in [5, 5.41) is 0. The number of nitrogens with two attached hydrogens (primary N) is 1. The van der Waals surface area contributed by atoms with Crippen molar-refractivity contribution >= 4 is 0 Å². The van der Waals surface area contributed by atoms with E-state index in [9.17, 15) is 0 Å². The first kappa shape index (κ1) is 12.7. The Morgan fingerprint density at radius 3 is 2.61 bits per heavy atom. The van der Waals surface area contributed by atoms with E-state index >= 15 is 0 Å². The second-order valence-electron chi connectivity index (χ2n) is 4.42. The Balaban J connectivity index is 2.04. The Bertz CT molecular complexity index is 482. The Hall–Kier alpha value is -1.71. The van der Waals surface area contributed by atoms with Crippen molar-refractivity contribution in [3.8, 4) is 0 Å². The number of nitrogens with zero attached hydrogens (tertiary/aromatic N) is 1. The van der Waals surface area contributed by atoms with Crippen molar-refractivity contribution in [2.24, 2.45) is 5.84 Å². The van der Waals surface area contributed by atoms with Gasteiger partial charge < -0.3 is 0 Å². The Kier molecular flexibility index (Phi) is 4.45. The van der Waals surface area contributed by atoms with Gasteiger partial charge >= 0.3 is 0 Å². The zero-order chi connectivity index (χ0) is 12.8. The van der Waals surface area contributed by atoms with Crippen LogP contribution < -0.4 is 11.3 Å². The molecule has 1 unspecified atom stereocenters. The summed E-state index contributed by atoms with van der Waals surface area (Å²) in [5.41, 5.74) is 6.43. The van der Waals surface area contributed by atoms with Gasteiger partial charge in [-0.05, 0) is 37.0 Å². The minimum absolute atomic E-state index is 0.152. The molecule has 0 amide bonds. The number of benzene rings is 1. The molecule has 2 rings (SSSR count). The summed E-state index contributed by atoms with van der Waals surface area (Å²) in [5.74, 6) is 5.66. The molecule has 0 aliphatic rings. The van der Waals surface area contributed by atoms with E-state index in [0.717, 1.165) is 18.5 Å². The first-order chi connectivity index (χ1) is 8.81. The van der Waals surface area contributed by atoms with Crippen LogP contribution in [0.4, 0.5) is 0 Å². The highest BCUT2D eigenvalue weighted by molar-refractivity contribution is 5.23. The molecule has 1 heterocycles. The van der Waals surface area contributed by atoms with Crippen molar-refractivity contribution in [3.63, 3.8) is 0 Å². The molecule has 94 valence electrons. The summed E-state index contributed by atoms with van der Waals surface area (Å²) < 4.78 is 0. The van der Waals surface area contributed by atoms with Crippen LogP contribution in [-0.4, -0.2) is 4.98 Å². The maximum Gasteiger partial charge on any atom is 0.0481 e. The van der Waals surface area contributed by atoms with E-state index in [1.165, 1.54) is 11.1 Å². The van der Waals surface area contributed by atoms with Gasteiger partial charge in [0.1, 0.15) is 0 Å². The lowest BCUT2D eigenvalue weighted by atomic mass is 9.98. The van der Waals surface area contributed by atoms with Gasteiger partial charge in [0.25, 0.3) is 0 Å². The van der Waals surface area contributed by atoms with Crippen LogP contribution in [0.5, 0.6) is 0 Å². The second-order valence-corrected chi connectivity index (χ2v) is 4.42. The molecule has 1 aromatic carbocycles. The number of rotatable bonds is 5. The van der Waals surface area contributed by atoms with Crippen molar-refractivity contribution in [1.29, 1.82) is 0 Å². The molecule has 0 saturated heterocycles. The smallest absolute Gasteiger partial charge is 0.0481 e. The maximum absolute atomic E-state index is 5.66. The van der Waals surface area contributed by atoms with Gasteiger partial charge in [-0.1, -0.05) is 36.4 Å². The highest BCUT2D eigenvalue weighted by Crippen LogP contribution is 2.20. The van der Waals surface area contributed by atoms with Crippen molar-refractivity contribution in [2.75, 3.05) is 0 Å². The fraction of sp³-hybridized carbons (Fsp3) is 0.267. The standard InChI is InChI=1S/C15H19N3/c1-12-14(8-5-11-17-12)15(18-16)10-9-13-6-3-2-4-7-13/h2-8,11,15,18H,9-10,16H2,1H3. The molecule has 3 N–H and O–H groups in total. The highest BCUT2D eigenvalue weighted by atomic mass is 15.2. The third kappa shape index (κ3) is 3.15. The number of nitrogens with one attached hydrogen (secondary N) is 1. The average molecular weight is 241 g/mol. The predicted molar refractivity (Wildman–Crippen MR) is 73.8 cm³/mol. The molecule has 0 aliphatic heterocycles. The molecule has 3 heteroatoms.